The van der Waals surface area contributed by atoms with Crippen LogP contribution in [0.5, 0.6) is 0 Å². The minimum atomic E-state index is -0.175. The molecule has 0 saturated heterocycles. The highest BCUT2D eigenvalue weighted by atomic mass is 16.5. The highest BCUT2D eigenvalue weighted by Gasteiger charge is 2.07. The van der Waals surface area contributed by atoms with Gasteiger partial charge in [-0.1, -0.05) is 26.0 Å². The first-order chi connectivity index (χ1) is 6.20. The maximum Gasteiger partial charge on any atom is 0.302 e. The lowest BCUT2D eigenvalue weighted by Gasteiger charge is -2.13. The minimum Gasteiger partial charge on any atom is -0.463 e. The fraction of sp³-hybridized carbons (Fsp3) is 0.727. The summed E-state index contributed by atoms with van der Waals surface area (Å²) < 4.78 is 5.11. The van der Waals surface area contributed by atoms with E-state index in [1.54, 1.807) is 0 Å². The second-order valence-electron chi connectivity index (χ2n) is 3.10. The second kappa shape index (κ2) is 7.84. The fourth-order valence-corrected chi connectivity index (χ4v) is 1.15. The molecule has 76 valence electrons. The van der Waals surface area contributed by atoms with Crippen molar-refractivity contribution in [2.45, 2.75) is 52.6 Å². The number of rotatable bonds is 6. The van der Waals surface area contributed by atoms with Crippen LogP contribution in [0, 0.1) is 0 Å². The standard InChI is InChI=1S/C11H20O2/c1-4-6-7-8-9-11(5-2)13-10(3)12/h6-7,11H,4-5,8-9H2,1-3H3/b7-6+. The van der Waals surface area contributed by atoms with E-state index in [9.17, 15) is 4.79 Å². The lowest BCUT2D eigenvalue weighted by molar-refractivity contribution is -0.146. The van der Waals surface area contributed by atoms with Crippen molar-refractivity contribution in [3.8, 4) is 0 Å². The van der Waals surface area contributed by atoms with E-state index in [0.29, 0.717) is 0 Å². The number of carbonyl (C=O) groups is 1. The number of esters is 1. The Balaban J connectivity index is 3.59. The Labute approximate surface area is 81.0 Å². The molecule has 1 atom stereocenters. The van der Waals surface area contributed by atoms with Gasteiger partial charge in [0.15, 0.2) is 0 Å². The zero-order chi connectivity index (χ0) is 10.1. The van der Waals surface area contributed by atoms with E-state index in [1.807, 2.05) is 6.92 Å². The molecule has 0 saturated carbocycles. The quantitative estimate of drug-likeness (QED) is 0.468. The lowest BCUT2D eigenvalue weighted by Crippen LogP contribution is -2.14. The van der Waals surface area contributed by atoms with Crippen LogP contribution in [-0.4, -0.2) is 12.1 Å². The van der Waals surface area contributed by atoms with Crippen molar-refractivity contribution in [2.75, 3.05) is 0 Å². The average Bonchev–Trinajstić information content (AvgIpc) is 2.09. The summed E-state index contributed by atoms with van der Waals surface area (Å²) in [6.07, 6.45) is 8.29. The van der Waals surface area contributed by atoms with Gasteiger partial charge < -0.3 is 4.74 Å². The Bertz CT molecular complexity index is 161. The molecular formula is C11H20O2. The molecule has 0 aliphatic rings. The fourth-order valence-electron chi connectivity index (χ4n) is 1.15. The normalized spacial score (nSPS) is 13.2. The number of carbonyl (C=O) groups excluding carboxylic acids is 1. The predicted molar refractivity (Wildman–Crippen MR) is 54.5 cm³/mol. The first kappa shape index (κ1) is 12.2. The van der Waals surface area contributed by atoms with Gasteiger partial charge in [0, 0.05) is 6.92 Å². The van der Waals surface area contributed by atoms with Crippen molar-refractivity contribution in [3.63, 3.8) is 0 Å². The molecule has 2 heteroatoms. The smallest absolute Gasteiger partial charge is 0.302 e. The number of allylic oxidation sites excluding steroid dienone is 2. The van der Waals surface area contributed by atoms with Crippen LogP contribution < -0.4 is 0 Å². The minimum absolute atomic E-state index is 0.0963. The molecule has 0 radical (unpaired) electrons. The van der Waals surface area contributed by atoms with Crippen molar-refractivity contribution >= 4 is 5.97 Å². The topological polar surface area (TPSA) is 26.3 Å². The van der Waals surface area contributed by atoms with Crippen LogP contribution >= 0.6 is 0 Å². The molecule has 0 aliphatic heterocycles. The Morgan fingerprint density at radius 3 is 2.54 bits per heavy atom. The Kier molecular flexibility index (Phi) is 7.36. The monoisotopic (exact) mass is 184 g/mol. The molecule has 0 aromatic rings. The first-order valence-electron chi connectivity index (χ1n) is 5.02. The van der Waals surface area contributed by atoms with Crippen molar-refractivity contribution in [1.82, 2.24) is 0 Å². The SMILES string of the molecule is CC/C=C/CCC(CC)OC(C)=O. The van der Waals surface area contributed by atoms with E-state index in [0.717, 1.165) is 25.7 Å². The molecule has 0 spiro atoms. The van der Waals surface area contributed by atoms with E-state index in [4.69, 9.17) is 4.74 Å². The molecule has 2 nitrogen and oxygen atoms in total. The zero-order valence-electron chi connectivity index (χ0n) is 8.88. The highest BCUT2D eigenvalue weighted by Crippen LogP contribution is 2.07. The number of hydrogen-bond donors (Lipinski definition) is 0. The summed E-state index contributed by atoms with van der Waals surface area (Å²) in [7, 11) is 0. The van der Waals surface area contributed by atoms with Gasteiger partial charge in [-0.2, -0.15) is 0 Å². The van der Waals surface area contributed by atoms with E-state index >= 15 is 0 Å². The van der Waals surface area contributed by atoms with Crippen molar-refractivity contribution in [2.24, 2.45) is 0 Å². The second-order valence-corrected chi connectivity index (χ2v) is 3.10. The summed E-state index contributed by atoms with van der Waals surface area (Å²) in [6.45, 7) is 5.61. The van der Waals surface area contributed by atoms with E-state index in [-0.39, 0.29) is 12.1 Å². The van der Waals surface area contributed by atoms with Crippen LogP contribution in [0.1, 0.15) is 46.5 Å². The summed E-state index contributed by atoms with van der Waals surface area (Å²) >= 11 is 0. The van der Waals surface area contributed by atoms with Gasteiger partial charge in [0.05, 0.1) is 0 Å². The van der Waals surface area contributed by atoms with E-state index < -0.39 is 0 Å². The molecule has 0 N–H and O–H groups in total. The predicted octanol–water partition coefficient (Wildman–Crippen LogP) is 3.07. The summed E-state index contributed by atoms with van der Waals surface area (Å²) in [4.78, 5) is 10.7. The third kappa shape index (κ3) is 7.57. The molecule has 0 aromatic carbocycles. The number of hydrogen-bond acceptors (Lipinski definition) is 2. The molecule has 0 aliphatic carbocycles. The Morgan fingerprint density at radius 2 is 2.08 bits per heavy atom. The summed E-state index contributed by atoms with van der Waals surface area (Å²) in [5.74, 6) is -0.175. The molecule has 0 bridgehead atoms. The van der Waals surface area contributed by atoms with Crippen molar-refractivity contribution in [3.05, 3.63) is 12.2 Å². The van der Waals surface area contributed by atoms with Gasteiger partial charge in [-0.25, -0.2) is 0 Å². The van der Waals surface area contributed by atoms with Gasteiger partial charge in [-0.15, -0.1) is 0 Å². The molecular weight excluding hydrogens is 164 g/mol. The molecule has 1 unspecified atom stereocenters. The van der Waals surface area contributed by atoms with Crippen LogP contribution in [0.4, 0.5) is 0 Å². The lowest BCUT2D eigenvalue weighted by atomic mass is 10.1. The van der Waals surface area contributed by atoms with Gasteiger partial charge >= 0.3 is 5.97 Å². The van der Waals surface area contributed by atoms with Crippen LogP contribution in [0.25, 0.3) is 0 Å². The van der Waals surface area contributed by atoms with Gasteiger partial charge in [-0.3, -0.25) is 4.79 Å². The third-order valence-electron chi connectivity index (χ3n) is 1.85. The van der Waals surface area contributed by atoms with Crippen molar-refractivity contribution < 1.29 is 9.53 Å². The first-order valence-corrected chi connectivity index (χ1v) is 5.02. The Morgan fingerprint density at radius 1 is 1.38 bits per heavy atom. The van der Waals surface area contributed by atoms with Crippen LogP contribution in [0.2, 0.25) is 0 Å². The summed E-state index contributed by atoms with van der Waals surface area (Å²) in [5.41, 5.74) is 0. The van der Waals surface area contributed by atoms with Gasteiger partial charge in [0.2, 0.25) is 0 Å². The number of ether oxygens (including phenoxy) is 1. The molecule has 0 rings (SSSR count). The van der Waals surface area contributed by atoms with Gasteiger partial charge in [0.1, 0.15) is 6.10 Å². The van der Waals surface area contributed by atoms with Gasteiger partial charge in [-0.05, 0) is 25.7 Å². The zero-order valence-corrected chi connectivity index (χ0v) is 8.88. The molecule has 0 aromatic heterocycles. The van der Waals surface area contributed by atoms with E-state index in [2.05, 4.69) is 19.1 Å². The van der Waals surface area contributed by atoms with Crippen LogP contribution in [0.3, 0.4) is 0 Å². The molecule has 0 fully saturated rings. The summed E-state index contributed by atoms with van der Waals surface area (Å²) in [5, 5.41) is 0. The molecule has 0 heterocycles. The molecule has 0 amide bonds. The van der Waals surface area contributed by atoms with E-state index in [1.165, 1.54) is 6.92 Å². The molecule has 13 heavy (non-hydrogen) atoms. The van der Waals surface area contributed by atoms with Crippen LogP contribution in [0.15, 0.2) is 12.2 Å². The third-order valence-corrected chi connectivity index (χ3v) is 1.85. The maximum atomic E-state index is 10.7. The average molecular weight is 184 g/mol. The summed E-state index contributed by atoms with van der Waals surface area (Å²) in [6, 6.07) is 0. The van der Waals surface area contributed by atoms with Crippen LogP contribution in [-0.2, 0) is 9.53 Å². The maximum absolute atomic E-state index is 10.7. The van der Waals surface area contributed by atoms with Crippen molar-refractivity contribution in [1.29, 1.82) is 0 Å². The van der Waals surface area contributed by atoms with Gasteiger partial charge in [0.25, 0.3) is 0 Å². The largest absolute Gasteiger partial charge is 0.463 e. The Hall–Kier alpha value is -0.790. The highest BCUT2D eigenvalue weighted by molar-refractivity contribution is 5.66.